The Morgan fingerprint density at radius 2 is 2.00 bits per heavy atom. The van der Waals surface area contributed by atoms with Gasteiger partial charge >= 0.3 is 0 Å². The van der Waals surface area contributed by atoms with Gasteiger partial charge in [-0.3, -0.25) is 4.79 Å². The van der Waals surface area contributed by atoms with E-state index in [2.05, 4.69) is 0 Å². The highest BCUT2D eigenvalue weighted by atomic mass is 32.2. The molecule has 2 fully saturated rings. The van der Waals surface area contributed by atoms with Crippen molar-refractivity contribution in [2.75, 3.05) is 32.5 Å². The zero-order valence-corrected chi connectivity index (χ0v) is 13.3. The van der Waals surface area contributed by atoms with E-state index in [1.807, 2.05) is 30.3 Å². The molecule has 0 N–H and O–H groups in total. The largest absolute Gasteiger partial charge is 0.373 e. The van der Waals surface area contributed by atoms with Gasteiger partial charge in [0.15, 0.2) is 0 Å². The lowest BCUT2D eigenvalue weighted by atomic mass is 10.1. The second-order valence-corrected chi connectivity index (χ2v) is 7.75. The number of morpholine rings is 1. The summed E-state index contributed by atoms with van der Waals surface area (Å²) in [5, 5.41) is 0. The molecule has 1 aromatic carbocycles. The third kappa shape index (κ3) is 3.16. The number of amides is 1. The number of benzene rings is 1. The van der Waals surface area contributed by atoms with Crippen LogP contribution in [0.5, 0.6) is 0 Å². The fourth-order valence-electron chi connectivity index (χ4n) is 3.15. The Hall–Kier alpha value is -1.44. The Bertz CT molecular complexity index is 647. The molecule has 0 spiro atoms. The highest BCUT2D eigenvalue weighted by molar-refractivity contribution is 7.88. The van der Waals surface area contributed by atoms with Crippen molar-refractivity contribution in [1.29, 1.82) is 0 Å². The first kappa shape index (κ1) is 15.5. The topological polar surface area (TPSA) is 66.9 Å². The molecule has 2 aliphatic heterocycles. The fourth-order valence-corrected chi connectivity index (χ4v) is 4.26. The van der Waals surface area contributed by atoms with Crippen LogP contribution in [0.25, 0.3) is 0 Å². The predicted octanol–water partition coefficient (Wildman–Crippen LogP) is 0.100. The monoisotopic (exact) mass is 324 g/mol. The standard InChI is InChI=1S/C15H20N2O4S/c1-22(19,20)17-7-8-21-14-11-16(10-13(14)17)15(18)9-12-5-3-2-4-6-12/h2-6,13-14H,7-11H2,1H3. The van der Waals surface area contributed by atoms with Gasteiger partial charge in [-0.25, -0.2) is 8.42 Å². The molecular weight excluding hydrogens is 304 g/mol. The van der Waals surface area contributed by atoms with E-state index in [1.165, 1.54) is 10.6 Å². The molecule has 22 heavy (non-hydrogen) atoms. The molecule has 6 nitrogen and oxygen atoms in total. The van der Waals surface area contributed by atoms with Gasteiger partial charge in [0.1, 0.15) is 0 Å². The van der Waals surface area contributed by atoms with Gasteiger partial charge in [-0.15, -0.1) is 0 Å². The van der Waals surface area contributed by atoms with Gasteiger partial charge in [0.25, 0.3) is 0 Å². The Balaban J connectivity index is 1.69. The van der Waals surface area contributed by atoms with E-state index in [4.69, 9.17) is 4.74 Å². The highest BCUT2D eigenvalue weighted by Gasteiger charge is 2.44. The Kier molecular flexibility index (Phi) is 4.20. The zero-order valence-electron chi connectivity index (χ0n) is 12.5. The lowest BCUT2D eigenvalue weighted by Crippen LogP contribution is -2.52. The van der Waals surface area contributed by atoms with Crippen molar-refractivity contribution >= 4 is 15.9 Å². The van der Waals surface area contributed by atoms with Crippen molar-refractivity contribution in [3.63, 3.8) is 0 Å². The van der Waals surface area contributed by atoms with Crippen LogP contribution in [0, 0.1) is 0 Å². The average Bonchev–Trinajstić information content (AvgIpc) is 2.91. The van der Waals surface area contributed by atoms with E-state index in [0.29, 0.717) is 32.7 Å². The first-order chi connectivity index (χ1) is 10.4. The molecule has 1 amide bonds. The van der Waals surface area contributed by atoms with Crippen molar-refractivity contribution in [2.45, 2.75) is 18.6 Å². The number of nitrogens with zero attached hydrogens (tertiary/aromatic N) is 2. The number of hydrogen-bond donors (Lipinski definition) is 0. The van der Waals surface area contributed by atoms with Crippen LogP contribution in [0.1, 0.15) is 5.56 Å². The normalized spacial score (nSPS) is 26.0. The van der Waals surface area contributed by atoms with E-state index in [0.717, 1.165) is 5.56 Å². The van der Waals surface area contributed by atoms with Gasteiger partial charge < -0.3 is 9.64 Å². The van der Waals surface area contributed by atoms with E-state index in [9.17, 15) is 13.2 Å². The molecule has 0 bridgehead atoms. The van der Waals surface area contributed by atoms with Gasteiger partial charge in [0, 0.05) is 19.6 Å². The van der Waals surface area contributed by atoms with Crippen LogP contribution >= 0.6 is 0 Å². The summed E-state index contributed by atoms with van der Waals surface area (Å²) >= 11 is 0. The summed E-state index contributed by atoms with van der Waals surface area (Å²) in [7, 11) is -3.27. The number of ether oxygens (including phenoxy) is 1. The molecule has 0 radical (unpaired) electrons. The summed E-state index contributed by atoms with van der Waals surface area (Å²) < 4.78 is 30.9. The number of carbonyl (C=O) groups is 1. The van der Waals surface area contributed by atoms with E-state index < -0.39 is 10.0 Å². The van der Waals surface area contributed by atoms with Gasteiger partial charge in [-0.05, 0) is 5.56 Å². The number of fused-ring (bicyclic) bond motifs is 1. The van der Waals surface area contributed by atoms with Crippen LogP contribution in [0.2, 0.25) is 0 Å². The van der Waals surface area contributed by atoms with Crippen molar-refractivity contribution in [2.24, 2.45) is 0 Å². The molecule has 1 aromatic rings. The number of sulfonamides is 1. The lowest BCUT2D eigenvalue weighted by Gasteiger charge is -2.34. The van der Waals surface area contributed by atoms with Crippen molar-refractivity contribution in [3.05, 3.63) is 35.9 Å². The second kappa shape index (κ2) is 5.98. The minimum Gasteiger partial charge on any atom is -0.373 e. The molecule has 0 aromatic heterocycles. The van der Waals surface area contributed by atoms with Crippen molar-refractivity contribution in [3.8, 4) is 0 Å². The van der Waals surface area contributed by atoms with E-state index in [1.54, 1.807) is 4.90 Å². The minimum atomic E-state index is -3.27. The molecule has 120 valence electrons. The van der Waals surface area contributed by atoms with Gasteiger partial charge in [0.2, 0.25) is 15.9 Å². The molecule has 0 aliphatic carbocycles. The second-order valence-electron chi connectivity index (χ2n) is 5.81. The van der Waals surface area contributed by atoms with Gasteiger partial charge in [-0.1, -0.05) is 30.3 Å². The van der Waals surface area contributed by atoms with E-state index >= 15 is 0 Å². The molecule has 0 saturated carbocycles. The van der Waals surface area contributed by atoms with Crippen LogP contribution in [0.15, 0.2) is 30.3 Å². The number of rotatable bonds is 3. The van der Waals surface area contributed by atoms with Gasteiger partial charge in [0.05, 0.1) is 31.4 Å². The molecular formula is C15H20N2O4S. The number of carbonyl (C=O) groups excluding carboxylic acids is 1. The highest BCUT2D eigenvalue weighted by Crippen LogP contribution is 2.25. The maximum absolute atomic E-state index is 12.4. The van der Waals surface area contributed by atoms with Crippen LogP contribution < -0.4 is 0 Å². The molecule has 7 heteroatoms. The first-order valence-corrected chi connectivity index (χ1v) is 9.20. The lowest BCUT2D eigenvalue weighted by molar-refractivity contribution is -0.129. The summed E-state index contributed by atoms with van der Waals surface area (Å²) in [6, 6.07) is 9.29. The third-order valence-electron chi connectivity index (χ3n) is 4.23. The number of likely N-dealkylation sites (tertiary alicyclic amines) is 1. The van der Waals surface area contributed by atoms with Gasteiger partial charge in [-0.2, -0.15) is 4.31 Å². The maximum atomic E-state index is 12.4. The Labute approximate surface area is 130 Å². The summed E-state index contributed by atoms with van der Waals surface area (Å²) in [5.41, 5.74) is 0.961. The van der Waals surface area contributed by atoms with Crippen LogP contribution in [0.3, 0.4) is 0 Å². The van der Waals surface area contributed by atoms with Crippen LogP contribution in [-0.4, -0.2) is 68.2 Å². The molecule has 2 aliphatic rings. The Morgan fingerprint density at radius 3 is 2.68 bits per heavy atom. The summed E-state index contributed by atoms with van der Waals surface area (Å²) in [6.45, 7) is 1.61. The summed E-state index contributed by atoms with van der Waals surface area (Å²) in [4.78, 5) is 14.1. The fraction of sp³-hybridized carbons (Fsp3) is 0.533. The van der Waals surface area contributed by atoms with Crippen molar-refractivity contribution in [1.82, 2.24) is 9.21 Å². The minimum absolute atomic E-state index is 0.0117. The zero-order chi connectivity index (χ0) is 15.7. The summed E-state index contributed by atoms with van der Waals surface area (Å²) in [5.74, 6) is 0.0117. The van der Waals surface area contributed by atoms with Crippen LogP contribution in [-0.2, 0) is 26.0 Å². The quantitative estimate of drug-likeness (QED) is 0.791. The van der Waals surface area contributed by atoms with Crippen LogP contribution in [0.4, 0.5) is 0 Å². The first-order valence-electron chi connectivity index (χ1n) is 7.35. The van der Waals surface area contributed by atoms with Crippen molar-refractivity contribution < 1.29 is 17.9 Å². The maximum Gasteiger partial charge on any atom is 0.227 e. The molecule has 3 rings (SSSR count). The Morgan fingerprint density at radius 1 is 1.27 bits per heavy atom. The molecule has 2 unspecified atom stereocenters. The molecule has 2 saturated heterocycles. The van der Waals surface area contributed by atoms with E-state index in [-0.39, 0.29) is 18.1 Å². The summed E-state index contributed by atoms with van der Waals surface area (Å²) in [6.07, 6.45) is 1.33. The molecule has 2 atom stereocenters. The number of hydrogen-bond acceptors (Lipinski definition) is 4. The average molecular weight is 324 g/mol. The SMILES string of the molecule is CS(=O)(=O)N1CCOC2CN(C(=O)Cc3ccccc3)CC21. The smallest absolute Gasteiger partial charge is 0.227 e. The third-order valence-corrected chi connectivity index (χ3v) is 5.53. The predicted molar refractivity (Wildman–Crippen MR) is 81.8 cm³/mol. The molecule has 2 heterocycles.